The number of nitrogens with one attached hydrogen (secondary N) is 1. The number of rotatable bonds is 6. The van der Waals surface area contributed by atoms with Gasteiger partial charge in [-0.15, -0.1) is 11.6 Å². The summed E-state index contributed by atoms with van der Waals surface area (Å²) in [6, 6.07) is 0.722. The van der Waals surface area contributed by atoms with E-state index in [0.29, 0.717) is 5.88 Å². The average Bonchev–Trinajstić information content (AvgIpc) is 2.61. The third kappa shape index (κ3) is 4.24. The fourth-order valence-corrected chi connectivity index (χ4v) is 3.29. The van der Waals surface area contributed by atoms with Crippen molar-refractivity contribution in [3.63, 3.8) is 0 Å². The van der Waals surface area contributed by atoms with Gasteiger partial charge in [0, 0.05) is 23.7 Å². The lowest BCUT2D eigenvalue weighted by atomic mass is 10.2. The van der Waals surface area contributed by atoms with Crippen LogP contribution in [0, 0.1) is 0 Å². The molecule has 2 unspecified atom stereocenters. The van der Waals surface area contributed by atoms with Crippen LogP contribution in [0.25, 0.3) is 0 Å². The molecule has 3 heteroatoms. The number of hydrogen-bond donors (Lipinski definition) is 1. The minimum Gasteiger partial charge on any atom is -0.309 e. The standard InChI is InChI=1S/C11H20ClNS/c1-2-14-11-7-5-6-10(11)13-9-4-3-8-12/h3-4,10-11,13H,2,5-9H2,1H3/b4-3+. The molecule has 14 heavy (non-hydrogen) atoms. The van der Waals surface area contributed by atoms with Crippen molar-refractivity contribution in [2.45, 2.75) is 37.5 Å². The van der Waals surface area contributed by atoms with Crippen molar-refractivity contribution in [2.24, 2.45) is 0 Å². The average molecular weight is 234 g/mol. The van der Waals surface area contributed by atoms with Crippen LogP contribution in [0.4, 0.5) is 0 Å². The molecule has 1 rings (SSSR count). The van der Waals surface area contributed by atoms with E-state index in [2.05, 4.69) is 30.1 Å². The number of hydrogen-bond acceptors (Lipinski definition) is 2. The molecule has 0 bridgehead atoms. The first-order valence-electron chi connectivity index (χ1n) is 5.44. The Morgan fingerprint density at radius 1 is 1.43 bits per heavy atom. The zero-order valence-electron chi connectivity index (χ0n) is 8.84. The van der Waals surface area contributed by atoms with Gasteiger partial charge in [0.1, 0.15) is 0 Å². The normalized spacial score (nSPS) is 27.6. The zero-order valence-corrected chi connectivity index (χ0v) is 10.4. The van der Waals surface area contributed by atoms with Gasteiger partial charge in [-0.05, 0) is 18.6 Å². The molecular formula is C11H20ClNS. The van der Waals surface area contributed by atoms with E-state index in [-0.39, 0.29) is 0 Å². The van der Waals surface area contributed by atoms with Crippen molar-refractivity contribution >= 4 is 23.4 Å². The predicted molar refractivity (Wildman–Crippen MR) is 67.4 cm³/mol. The Morgan fingerprint density at radius 2 is 2.29 bits per heavy atom. The molecule has 1 saturated carbocycles. The van der Waals surface area contributed by atoms with Crippen LogP contribution in [-0.4, -0.2) is 29.5 Å². The molecule has 1 nitrogen and oxygen atoms in total. The number of allylic oxidation sites excluding steroid dienone is 1. The van der Waals surface area contributed by atoms with E-state index in [1.165, 1.54) is 25.0 Å². The van der Waals surface area contributed by atoms with Crippen molar-refractivity contribution in [2.75, 3.05) is 18.2 Å². The Kier molecular flexibility index (Phi) is 6.74. The number of halogens is 1. The van der Waals surface area contributed by atoms with Gasteiger partial charge in [-0.1, -0.05) is 25.5 Å². The second-order valence-electron chi connectivity index (χ2n) is 3.57. The molecule has 0 radical (unpaired) electrons. The van der Waals surface area contributed by atoms with E-state index in [9.17, 15) is 0 Å². The maximum Gasteiger partial charge on any atom is 0.0404 e. The molecular weight excluding hydrogens is 214 g/mol. The largest absolute Gasteiger partial charge is 0.309 e. The molecule has 82 valence electrons. The van der Waals surface area contributed by atoms with Gasteiger partial charge in [-0.3, -0.25) is 0 Å². The third-order valence-electron chi connectivity index (χ3n) is 2.59. The van der Waals surface area contributed by atoms with E-state index < -0.39 is 0 Å². The lowest BCUT2D eigenvalue weighted by Crippen LogP contribution is -2.34. The van der Waals surface area contributed by atoms with Gasteiger partial charge in [0.15, 0.2) is 0 Å². The molecule has 0 amide bonds. The Hall–Kier alpha value is 0.340. The van der Waals surface area contributed by atoms with Crippen LogP contribution in [0.5, 0.6) is 0 Å². The summed E-state index contributed by atoms with van der Waals surface area (Å²) in [6.45, 7) is 3.21. The summed E-state index contributed by atoms with van der Waals surface area (Å²) >= 11 is 7.65. The fraction of sp³-hybridized carbons (Fsp3) is 0.818. The van der Waals surface area contributed by atoms with E-state index in [1.807, 2.05) is 6.08 Å². The van der Waals surface area contributed by atoms with E-state index in [0.717, 1.165) is 17.8 Å². The summed E-state index contributed by atoms with van der Waals surface area (Å²) in [7, 11) is 0. The van der Waals surface area contributed by atoms with Crippen molar-refractivity contribution in [3.05, 3.63) is 12.2 Å². The number of thioether (sulfide) groups is 1. The first kappa shape index (κ1) is 12.4. The van der Waals surface area contributed by atoms with Crippen molar-refractivity contribution in [1.82, 2.24) is 5.32 Å². The van der Waals surface area contributed by atoms with Crippen molar-refractivity contribution < 1.29 is 0 Å². The second kappa shape index (κ2) is 7.61. The molecule has 0 heterocycles. The van der Waals surface area contributed by atoms with Gasteiger partial charge >= 0.3 is 0 Å². The molecule has 0 aromatic carbocycles. The van der Waals surface area contributed by atoms with Crippen LogP contribution in [0.2, 0.25) is 0 Å². The van der Waals surface area contributed by atoms with E-state index >= 15 is 0 Å². The minimum atomic E-state index is 0.624. The number of alkyl halides is 1. The summed E-state index contributed by atoms with van der Waals surface area (Å²) in [4.78, 5) is 0. The highest BCUT2D eigenvalue weighted by Gasteiger charge is 2.25. The highest BCUT2D eigenvalue weighted by atomic mass is 35.5. The molecule has 0 aliphatic heterocycles. The molecule has 1 aliphatic carbocycles. The predicted octanol–water partition coefficient (Wildman–Crippen LogP) is 3.05. The minimum absolute atomic E-state index is 0.624. The van der Waals surface area contributed by atoms with Crippen LogP contribution < -0.4 is 5.32 Å². The third-order valence-corrected chi connectivity index (χ3v) is 4.09. The highest BCUT2D eigenvalue weighted by molar-refractivity contribution is 7.99. The molecule has 1 fully saturated rings. The van der Waals surface area contributed by atoms with Gasteiger partial charge in [-0.25, -0.2) is 0 Å². The van der Waals surface area contributed by atoms with Crippen LogP contribution >= 0.6 is 23.4 Å². The molecule has 1 N–H and O–H groups in total. The quantitative estimate of drug-likeness (QED) is 0.559. The summed E-state index contributed by atoms with van der Waals surface area (Å²) in [5, 5.41) is 4.42. The van der Waals surface area contributed by atoms with Gasteiger partial charge in [0.05, 0.1) is 0 Å². The smallest absolute Gasteiger partial charge is 0.0404 e. The van der Waals surface area contributed by atoms with Crippen LogP contribution in [0.1, 0.15) is 26.2 Å². The van der Waals surface area contributed by atoms with Gasteiger partial charge < -0.3 is 5.32 Å². The topological polar surface area (TPSA) is 12.0 Å². The summed E-state index contributed by atoms with van der Waals surface area (Å²) in [5.74, 6) is 1.86. The highest BCUT2D eigenvalue weighted by Crippen LogP contribution is 2.29. The van der Waals surface area contributed by atoms with Gasteiger partial charge in [0.25, 0.3) is 0 Å². The van der Waals surface area contributed by atoms with Crippen molar-refractivity contribution in [3.8, 4) is 0 Å². The SMILES string of the molecule is CCSC1CCCC1NC/C=C/CCl. The molecule has 0 aromatic rings. The zero-order chi connectivity index (χ0) is 10.2. The fourth-order valence-electron chi connectivity index (χ4n) is 1.94. The molecule has 2 atom stereocenters. The first-order valence-corrected chi connectivity index (χ1v) is 7.02. The Bertz CT molecular complexity index is 173. The van der Waals surface area contributed by atoms with E-state index in [1.54, 1.807) is 0 Å². The Balaban J connectivity index is 2.18. The lowest BCUT2D eigenvalue weighted by molar-refractivity contribution is 0.565. The Labute approximate surface area is 96.7 Å². The van der Waals surface area contributed by atoms with Crippen LogP contribution in [-0.2, 0) is 0 Å². The first-order chi connectivity index (χ1) is 6.88. The maximum atomic E-state index is 5.56. The Morgan fingerprint density at radius 3 is 3.00 bits per heavy atom. The maximum absolute atomic E-state index is 5.56. The molecule has 1 aliphatic rings. The van der Waals surface area contributed by atoms with Gasteiger partial charge in [-0.2, -0.15) is 11.8 Å². The van der Waals surface area contributed by atoms with Crippen LogP contribution in [0.3, 0.4) is 0 Å². The molecule has 0 saturated heterocycles. The summed E-state index contributed by atoms with van der Waals surface area (Å²) in [6.07, 6.45) is 8.24. The summed E-state index contributed by atoms with van der Waals surface area (Å²) in [5.41, 5.74) is 0. The summed E-state index contributed by atoms with van der Waals surface area (Å²) < 4.78 is 0. The van der Waals surface area contributed by atoms with E-state index in [4.69, 9.17) is 11.6 Å². The van der Waals surface area contributed by atoms with Gasteiger partial charge in [0.2, 0.25) is 0 Å². The second-order valence-corrected chi connectivity index (χ2v) is 5.39. The molecule has 0 aromatic heterocycles. The monoisotopic (exact) mass is 233 g/mol. The molecule has 0 spiro atoms. The van der Waals surface area contributed by atoms with Crippen LogP contribution in [0.15, 0.2) is 12.2 Å². The lowest BCUT2D eigenvalue weighted by Gasteiger charge is -2.19. The van der Waals surface area contributed by atoms with Crippen molar-refractivity contribution in [1.29, 1.82) is 0 Å².